The number of ether oxygens (including phenoxy) is 1. The second kappa shape index (κ2) is 8.16. The van der Waals surface area contributed by atoms with Gasteiger partial charge >= 0.3 is 0 Å². The largest absolute Gasteiger partial charge is 0.379 e. The van der Waals surface area contributed by atoms with Gasteiger partial charge in [-0.3, -0.25) is 9.69 Å². The molecule has 5 rings (SSSR count). The normalized spacial score (nSPS) is 20.2. The second-order valence-electron chi connectivity index (χ2n) is 8.16. The van der Waals surface area contributed by atoms with E-state index in [4.69, 9.17) is 9.84 Å². The number of likely N-dealkylation sites (tertiary alicyclic amines) is 1. The summed E-state index contributed by atoms with van der Waals surface area (Å²) in [5.41, 5.74) is 5.04. The van der Waals surface area contributed by atoms with Crippen molar-refractivity contribution in [1.29, 1.82) is 0 Å². The smallest absolute Gasteiger partial charge is 0.253 e. The summed E-state index contributed by atoms with van der Waals surface area (Å²) in [5, 5.41) is 4.84. The molecule has 2 aromatic heterocycles. The van der Waals surface area contributed by atoms with Crippen molar-refractivity contribution in [3.63, 3.8) is 0 Å². The third kappa shape index (κ3) is 3.59. The first-order valence-electron chi connectivity index (χ1n) is 10.7. The van der Waals surface area contributed by atoms with Crippen LogP contribution in [0.4, 0.5) is 0 Å². The van der Waals surface area contributed by atoms with Crippen LogP contribution in [0.2, 0.25) is 0 Å². The van der Waals surface area contributed by atoms with Gasteiger partial charge in [-0.25, -0.2) is 9.50 Å². The van der Waals surface area contributed by atoms with Crippen LogP contribution >= 0.6 is 0 Å². The van der Waals surface area contributed by atoms with Crippen LogP contribution in [0, 0.1) is 6.92 Å². The molecule has 1 atom stereocenters. The van der Waals surface area contributed by atoms with E-state index in [1.54, 1.807) is 0 Å². The molecule has 2 fully saturated rings. The highest BCUT2D eigenvalue weighted by Crippen LogP contribution is 2.29. The zero-order chi connectivity index (χ0) is 20.5. The summed E-state index contributed by atoms with van der Waals surface area (Å²) in [6.45, 7) is 7.83. The highest BCUT2D eigenvalue weighted by molar-refractivity contribution is 5.94. The third-order valence-corrected chi connectivity index (χ3v) is 6.24. The highest BCUT2D eigenvalue weighted by atomic mass is 16.5. The number of carbonyl (C=O) groups excluding carboxylic acids is 1. The van der Waals surface area contributed by atoms with Crippen LogP contribution < -0.4 is 0 Å². The van der Waals surface area contributed by atoms with Crippen molar-refractivity contribution in [2.75, 3.05) is 39.4 Å². The average molecular weight is 406 g/mol. The lowest BCUT2D eigenvalue weighted by Gasteiger charge is -2.26. The molecule has 3 aromatic rings. The van der Waals surface area contributed by atoms with Crippen molar-refractivity contribution in [2.24, 2.45) is 0 Å². The van der Waals surface area contributed by atoms with Gasteiger partial charge in [0.05, 0.1) is 24.6 Å². The van der Waals surface area contributed by atoms with E-state index in [2.05, 4.69) is 22.9 Å². The van der Waals surface area contributed by atoms with Crippen molar-refractivity contribution in [2.45, 2.75) is 25.8 Å². The monoisotopic (exact) mass is 405 g/mol. The molecular weight excluding hydrogens is 378 g/mol. The lowest BCUT2D eigenvalue weighted by molar-refractivity contribution is 0.0342. The van der Waals surface area contributed by atoms with Gasteiger partial charge in [0, 0.05) is 56.0 Å². The number of nitrogens with zero attached hydrogens (tertiary/aromatic N) is 5. The van der Waals surface area contributed by atoms with Crippen molar-refractivity contribution in [1.82, 2.24) is 24.4 Å². The minimum absolute atomic E-state index is 0.105. The number of aryl methyl sites for hydroxylation is 1. The summed E-state index contributed by atoms with van der Waals surface area (Å²) in [6.07, 6.45) is 2.83. The summed E-state index contributed by atoms with van der Waals surface area (Å²) in [5.74, 6) is 0.367. The van der Waals surface area contributed by atoms with Gasteiger partial charge in [0.2, 0.25) is 0 Å². The molecule has 0 saturated carbocycles. The maximum Gasteiger partial charge on any atom is 0.253 e. The molecule has 4 heterocycles. The molecule has 7 nitrogen and oxygen atoms in total. The topological polar surface area (TPSA) is 63.0 Å². The fraction of sp³-hybridized carbons (Fsp3) is 0.435. The molecule has 0 unspecified atom stereocenters. The highest BCUT2D eigenvalue weighted by Gasteiger charge is 2.30. The minimum atomic E-state index is 0.105. The Labute approximate surface area is 176 Å². The van der Waals surface area contributed by atoms with Crippen LogP contribution in [0.25, 0.3) is 5.65 Å². The van der Waals surface area contributed by atoms with E-state index in [1.807, 2.05) is 45.9 Å². The van der Waals surface area contributed by atoms with Crippen molar-refractivity contribution >= 4 is 11.6 Å². The predicted octanol–water partition coefficient (Wildman–Crippen LogP) is 2.50. The maximum atomic E-state index is 12.8. The summed E-state index contributed by atoms with van der Waals surface area (Å²) in [7, 11) is 0. The zero-order valence-electron chi connectivity index (χ0n) is 17.3. The molecule has 0 spiro atoms. The molecule has 7 heteroatoms. The Morgan fingerprint density at radius 1 is 1.13 bits per heavy atom. The van der Waals surface area contributed by atoms with Crippen LogP contribution in [0.1, 0.15) is 39.6 Å². The van der Waals surface area contributed by atoms with E-state index in [9.17, 15) is 4.79 Å². The number of aromatic nitrogens is 3. The average Bonchev–Trinajstić information content (AvgIpc) is 3.40. The van der Waals surface area contributed by atoms with Gasteiger partial charge < -0.3 is 9.64 Å². The fourth-order valence-electron chi connectivity index (χ4n) is 4.54. The third-order valence-electron chi connectivity index (χ3n) is 6.24. The first-order valence-corrected chi connectivity index (χ1v) is 10.7. The van der Waals surface area contributed by atoms with Gasteiger partial charge in [-0.15, -0.1) is 0 Å². The van der Waals surface area contributed by atoms with E-state index >= 15 is 0 Å². The van der Waals surface area contributed by atoms with E-state index < -0.39 is 0 Å². The molecule has 0 aliphatic carbocycles. The zero-order valence-corrected chi connectivity index (χ0v) is 17.3. The maximum absolute atomic E-state index is 12.8. The first-order chi connectivity index (χ1) is 14.7. The standard InChI is InChI=1S/C23H27N5O2/c1-17-20(16-26-11-13-30-14-12-26)22-24-9-7-21(28(22)25-17)19-8-10-27(15-19)23(29)18-5-3-2-4-6-18/h2-7,9,19H,8,10-16H2,1H3/t19-/m1/s1. The molecule has 1 aromatic carbocycles. The number of fused-ring (bicyclic) bond motifs is 1. The number of carbonyl (C=O) groups is 1. The predicted molar refractivity (Wildman–Crippen MR) is 114 cm³/mol. The first kappa shape index (κ1) is 19.2. The second-order valence-corrected chi connectivity index (χ2v) is 8.16. The van der Waals surface area contributed by atoms with Crippen LogP contribution in [0.5, 0.6) is 0 Å². The van der Waals surface area contributed by atoms with Gasteiger partial charge in [-0.05, 0) is 31.5 Å². The van der Waals surface area contributed by atoms with Crippen LogP contribution in [-0.2, 0) is 11.3 Å². The van der Waals surface area contributed by atoms with E-state index in [0.717, 1.165) is 68.4 Å². The molecule has 30 heavy (non-hydrogen) atoms. The molecule has 2 aliphatic rings. The summed E-state index contributed by atoms with van der Waals surface area (Å²) < 4.78 is 7.48. The minimum Gasteiger partial charge on any atom is -0.379 e. The molecule has 0 radical (unpaired) electrons. The quantitative estimate of drug-likeness (QED) is 0.667. The van der Waals surface area contributed by atoms with Crippen molar-refractivity contribution in [3.05, 3.63) is 65.1 Å². The Bertz CT molecular complexity index is 1040. The number of morpholine rings is 1. The molecule has 156 valence electrons. The van der Waals surface area contributed by atoms with E-state index in [-0.39, 0.29) is 11.8 Å². The Morgan fingerprint density at radius 2 is 1.93 bits per heavy atom. The number of benzene rings is 1. The Kier molecular flexibility index (Phi) is 5.23. The van der Waals surface area contributed by atoms with Crippen LogP contribution in [0.15, 0.2) is 42.6 Å². The molecule has 0 bridgehead atoms. The van der Waals surface area contributed by atoms with Gasteiger partial charge in [0.1, 0.15) is 0 Å². The fourth-order valence-corrected chi connectivity index (χ4v) is 4.54. The van der Waals surface area contributed by atoms with E-state index in [0.29, 0.717) is 6.54 Å². The van der Waals surface area contributed by atoms with Gasteiger partial charge in [0.15, 0.2) is 5.65 Å². The van der Waals surface area contributed by atoms with Crippen LogP contribution in [0.3, 0.4) is 0 Å². The lowest BCUT2D eigenvalue weighted by Crippen LogP contribution is -2.35. The summed E-state index contributed by atoms with van der Waals surface area (Å²) in [6, 6.07) is 11.6. The molecule has 2 aliphatic heterocycles. The number of hydrogen-bond acceptors (Lipinski definition) is 5. The molecular formula is C23H27N5O2. The molecule has 1 amide bonds. The van der Waals surface area contributed by atoms with Crippen molar-refractivity contribution in [3.8, 4) is 0 Å². The Hall–Kier alpha value is -2.77. The summed E-state index contributed by atoms with van der Waals surface area (Å²) in [4.78, 5) is 21.9. The number of hydrogen-bond donors (Lipinski definition) is 0. The summed E-state index contributed by atoms with van der Waals surface area (Å²) >= 11 is 0. The SMILES string of the molecule is Cc1nn2c([C@@H]3CCN(C(=O)c4ccccc4)C3)ccnc2c1CN1CCOCC1. The van der Waals surface area contributed by atoms with E-state index in [1.165, 1.54) is 5.56 Å². The molecule has 0 N–H and O–H groups in total. The van der Waals surface area contributed by atoms with Crippen LogP contribution in [-0.4, -0.2) is 69.7 Å². The Balaban J connectivity index is 1.39. The van der Waals surface area contributed by atoms with Gasteiger partial charge in [-0.1, -0.05) is 18.2 Å². The van der Waals surface area contributed by atoms with Gasteiger partial charge in [-0.2, -0.15) is 5.10 Å². The van der Waals surface area contributed by atoms with Crippen molar-refractivity contribution < 1.29 is 9.53 Å². The lowest BCUT2D eigenvalue weighted by atomic mass is 10.0. The number of rotatable bonds is 4. The Morgan fingerprint density at radius 3 is 2.73 bits per heavy atom. The van der Waals surface area contributed by atoms with Gasteiger partial charge in [0.25, 0.3) is 5.91 Å². The molecule has 2 saturated heterocycles. The number of amides is 1.